The van der Waals surface area contributed by atoms with Gasteiger partial charge < -0.3 is 10.4 Å². The highest BCUT2D eigenvalue weighted by Gasteiger charge is 2.33. The maximum absolute atomic E-state index is 11.6. The average Bonchev–Trinajstić information content (AvgIpc) is 2.36. The molecular weight excluding hydrogens is 232 g/mol. The van der Waals surface area contributed by atoms with Crippen LogP contribution in [0, 0.1) is 5.92 Å². The molecule has 5 nitrogen and oxygen atoms in total. The molecule has 102 valence electrons. The maximum atomic E-state index is 11.6. The Hall–Kier alpha value is -1.36. The monoisotopic (exact) mass is 254 g/mol. The summed E-state index contributed by atoms with van der Waals surface area (Å²) in [6, 6.07) is -0.529. The molecule has 0 aliphatic carbocycles. The number of piperidine rings is 1. The van der Waals surface area contributed by atoms with E-state index in [0.29, 0.717) is 25.4 Å². The molecule has 18 heavy (non-hydrogen) atoms. The molecule has 1 heterocycles. The van der Waals surface area contributed by atoms with Crippen LogP contribution in [0.5, 0.6) is 0 Å². The van der Waals surface area contributed by atoms with E-state index in [2.05, 4.69) is 18.8 Å². The third-order valence-corrected chi connectivity index (χ3v) is 3.47. The molecule has 0 bridgehead atoms. The molecule has 0 radical (unpaired) electrons. The van der Waals surface area contributed by atoms with Gasteiger partial charge in [0.05, 0.1) is 6.54 Å². The van der Waals surface area contributed by atoms with Gasteiger partial charge in [-0.1, -0.05) is 19.4 Å². The predicted molar refractivity (Wildman–Crippen MR) is 69.2 cm³/mol. The lowest BCUT2D eigenvalue weighted by Crippen LogP contribution is -2.50. The number of carbonyl (C=O) groups excluding carboxylic acids is 1. The van der Waals surface area contributed by atoms with E-state index in [1.165, 1.54) is 0 Å². The number of hydrogen-bond acceptors (Lipinski definition) is 3. The van der Waals surface area contributed by atoms with Gasteiger partial charge in [0.2, 0.25) is 5.91 Å². The van der Waals surface area contributed by atoms with E-state index < -0.39 is 12.0 Å². The second-order valence-corrected chi connectivity index (χ2v) is 4.72. The van der Waals surface area contributed by atoms with Gasteiger partial charge >= 0.3 is 5.97 Å². The summed E-state index contributed by atoms with van der Waals surface area (Å²) >= 11 is 0. The van der Waals surface area contributed by atoms with Crippen molar-refractivity contribution < 1.29 is 14.7 Å². The van der Waals surface area contributed by atoms with Gasteiger partial charge in [0.15, 0.2) is 0 Å². The molecule has 1 aliphatic rings. The van der Waals surface area contributed by atoms with E-state index in [1.807, 2.05) is 0 Å². The first-order valence-electron chi connectivity index (χ1n) is 6.42. The highest BCUT2D eigenvalue weighted by Crippen LogP contribution is 2.25. The van der Waals surface area contributed by atoms with Gasteiger partial charge in [-0.25, -0.2) is 0 Å². The summed E-state index contributed by atoms with van der Waals surface area (Å²) in [6.45, 7) is 6.85. The van der Waals surface area contributed by atoms with Gasteiger partial charge in [-0.3, -0.25) is 14.5 Å². The molecular formula is C13H22N2O3. The van der Waals surface area contributed by atoms with Gasteiger partial charge in [0.1, 0.15) is 6.04 Å². The van der Waals surface area contributed by atoms with Crippen LogP contribution in [0.4, 0.5) is 0 Å². The summed E-state index contributed by atoms with van der Waals surface area (Å²) in [5.41, 5.74) is 0. The molecule has 0 saturated carbocycles. The summed E-state index contributed by atoms with van der Waals surface area (Å²) < 4.78 is 0. The molecule has 1 saturated heterocycles. The van der Waals surface area contributed by atoms with E-state index in [9.17, 15) is 14.7 Å². The summed E-state index contributed by atoms with van der Waals surface area (Å²) in [5, 5.41) is 11.9. The lowest BCUT2D eigenvalue weighted by molar-refractivity contribution is -0.146. The summed E-state index contributed by atoms with van der Waals surface area (Å²) in [4.78, 5) is 24.6. The van der Waals surface area contributed by atoms with E-state index in [-0.39, 0.29) is 12.5 Å². The van der Waals surface area contributed by atoms with E-state index >= 15 is 0 Å². The number of hydrogen-bond donors (Lipinski definition) is 2. The SMILES string of the molecule is C=CCNC(=O)CN1CCC(CC)CC1C(=O)O. The molecule has 1 rings (SSSR count). The predicted octanol–water partition coefficient (Wildman–Crippen LogP) is 0.864. The molecule has 1 aliphatic heterocycles. The third kappa shape index (κ3) is 4.14. The Labute approximate surface area is 108 Å². The lowest BCUT2D eigenvalue weighted by atomic mass is 9.89. The first-order valence-corrected chi connectivity index (χ1v) is 6.42. The fourth-order valence-corrected chi connectivity index (χ4v) is 2.33. The molecule has 2 atom stereocenters. The second kappa shape index (κ2) is 7.16. The normalized spacial score (nSPS) is 24.5. The Morgan fingerprint density at radius 1 is 1.56 bits per heavy atom. The molecule has 1 amide bonds. The van der Waals surface area contributed by atoms with Crippen LogP contribution in [0.2, 0.25) is 0 Å². The van der Waals surface area contributed by atoms with Crippen molar-refractivity contribution in [1.29, 1.82) is 0 Å². The number of carbonyl (C=O) groups is 2. The van der Waals surface area contributed by atoms with Crippen molar-refractivity contribution in [2.75, 3.05) is 19.6 Å². The largest absolute Gasteiger partial charge is 0.480 e. The molecule has 2 N–H and O–H groups in total. The number of nitrogens with one attached hydrogen (secondary N) is 1. The van der Waals surface area contributed by atoms with Crippen molar-refractivity contribution in [1.82, 2.24) is 10.2 Å². The minimum Gasteiger partial charge on any atom is -0.480 e. The highest BCUT2D eigenvalue weighted by molar-refractivity contribution is 5.80. The van der Waals surface area contributed by atoms with Crippen molar-refractivity contribution >= 4 is 11.9 Å². The fourth-order valence-electron chi connectivity index (χ4n) is 2.33. The topological polar surface area (TPSA) is 69.6 Å². The van der Waals surface area contributed by atoms with Crippen molar-refractivity contribution in [3.8, 4) is 0 Å². The first kappa shape index (κ1) is 14.7. The minimum absolute atomic E-state index is 0.143. The summed E-state index contributed by atoms with van der Waals surface area (Å²) in [7, 11) is 0. The van der Waals surface area contributed by atoms with Crippen LogP contribution in [0.25, 0.3) is 0 Å². The molecule has 2 unspecified atom stereocenters. The molecule has 0 spiro atoms. The molecule has 0 aromatic heterocycles. The van der Waals surface area contributed by atoms with Gasteiger partial charge in [0, 0.05) is 6.54 Å². The van der Waals surface area contributed by atoms with E-state index in [1.54, 1.807) is 11.0 Å². The smallest absolute Gasteiger partial charge is 0.320 e. The third-order valence-electron chi connectivity index (χ3n) is 3.47. The zero-order valence-corrected chi connectivity index (χ0v) is 10.9. The van der Waals surface area contributed by atoms with Crippen LogP contribution in [0.15, 0.2) is 12.7 Å². The number of likely N-dealkylation sites (tertiary alicyclic amines) is 1. The molecule has 5 heteroatoms. The number of amides is 1. The van der Waals surface area contributed by atoms with Crippen LogP contribution in [-0.2, 0) is 9.59 Å². The number of carboxylic acid groups (broad SMARTS) is 1. The van der Waals surface area contributed by atoms with Crippen molar-refractivity contribution in [3.05, 3.63) is 12.7 Å². The lowest BCUT2D eigenvalue weighted by Gasteiger charge is -2.36. The van der Waals surface area contributed by atoms with Gasteiger partial charge in [-0.05, 0) is 25.3 Å². The van der Waals surface area contributed by atoms with Gasteiger partial charge in [-0.2, -0.15) is 0 Å². The average molecular weight is 254 g/mol. The van der Waals surface area contributed by atoms with Crippen LogP contribution < -0.4 is 5.32 Å². The van der Waals surface area contributed by atoms with Gasteiger partial charge in [-0.15, -0.1) is 6.58 Å². The standard InChI is InChI=1S/C13H22N2O3/c1-3-6-14-12(16)9-15-7-5-10(4-2)8-11(15)13(17)18/h3,10-11H,1,4-9H2,2H3,(H,14,16)(H,17,18). The Morgan fingerprint density at radius 2 is 2.28 bits per heavy atom. The van der Waals surface area contributed by atoms with Crippen molar-refractivity contribution in [2.24, 2.45) is 5.92 Å². The van der Waals surface area contributed by atoms with Crippen LogP contribution in [-0.4, -0.2) is 47.6 Å². The van der Waals surface area contributed by atoms with E-state index in [0.717, 1.165) is 12.8 Å². The first-order chi connectivity index (χ1) is 8.58. The minimum atomic E-state index is -0.829. The van der Waals surface area contributed by atoms with Gasteiger partial charge in [0.25, 0.3) is 0 Å². The quantitative estimate of drug-likeness (QED) is 0.690. The Bertz CT molecular complexity index is 317. The van der Waals surface area contributed by atoms with Crippen molar-refractivity contribution in [3.63, 3.8) is 0 Å². The molecule has 0 aromatic rings. The van der Waals surface area contributed by atoms with Crippen LogP contribution in [0.3, 0.4) is 0 Å². The molecule has 0 aromatic carbocycles. The van der Waals surface area contributed by atoms with Crippen LogP contribution >= 0.6 is 0 Å². The van der Waals surface area contributed by atoms with Crippen LogP contribution in [0.1, 0.15) is 26.2 Å². The fraction of sp³-hybridized carbons (Fsp3) is 0.692. The Balaban J connectivity index is 2.54. The Kier molecular flexibility index (Phi) is 5.85. The molecule has 1 fully saturated rings. The number of nitrogens with zero attached hydrogens (tertiary/aromatic N) is 1. The summed E-state index contributed by atoms with van der Waals surface area (Å²) in [6.07, 6.45) is 4.21. The second-order valence-electron chi connectivity index (χ2n) is 4.72. The van der Waals surface area contributed by atoms with Crippen molar-refractivity contribution in [2.45, 2.75) is 32.2 Å². The van der Waals surface area contributed by atoms with E-state index in [4.69, 9.17) is 0 Å². The number of aliphatic carboxylic acids is 1. The maximum Gasteiger partial charge on any atom is 0.320 e. The Morgan fingerprint density at radius 3 is 2.83 bits per heavy atom. The number of rotatable bonds is 6. The summed E-state index contributed by atoms with van der Waals surface area (Å²) in [5.74, 6) is -0.514. The highest BCUT2D eigenvalue weighted by atomic mass is 16.4. The zero-order chi connectivity index (χ0) is 13.5. The number of carboxylic acids is 1. The zero-order valence-electron chi connectivity index (χ0n) is 10.9.